The van der Waals surface area contributed by atoms with Crippen molar-refractivity contribution in [1.82, 2.24) is 8.87 Å². The molecule has 3 rings (SSSR count). The summed E-state index contributed by atoms with van der Waals surface area (Å²) in [6, 6.07) is 6.79. The lowest BCUT2D eigenvalue weighted by molar-refractivity contribution is -0.385. The fourth-order valence-electron chi connectivity index (χ4n) is 2.82. The molecule has 0 bridgehead atoms. The van der Waals surface area contributed by atoms with Crippen LogP contribution in [0.3, 0.4) is 0 Å². The van der Waals surface area contributed by atoms with Crippen LogP contribution in [0.2, 0.25) is 5.02 Å². The molecule has 0 radical (unpaired) electrons. The topological polar surface area (TPSA) is 85.5 Å². The maximum absolute atomic E-state index is 12.9. The Kier molecular flexibility index (Phi) is 3.91. The van der Waals surface area contributed by atoms with Crippen LogP contribution in [0.25, 0.3) is 0 Å². The monoisotopic (exact) mass is 355 g/mol. The number of rotatable bonds is 3. The van der Waals surface area contributed by atoms with E-state index in [0.717, 1.165) is 11.8 Å². The second kappa shape index (κ2) is 5.63. The molecule has 1 aromatic carbocycles. The molecule has 122 valence electrons. The third-order valence-electron chi connectivity index (χ3n) is 4.00. The number of nitrogens with zero attached hydrogens (tertiary/aromatic N) is 3. The van der Waals surface area contributed by atoms with Gasteiger partial charge >= 0.3 is 0 Å². The molecule has 0 unspecified atom stereocenters. The van der Waals surface area contributed by atoms with Crippen molar-refractivity contribution in [2.45, 2.75) is 24.4 Å². The Morgan fingerprint density at radius 3 is 2.74 bits per heavy atom. The van der Waals surface area contributed by atoms with E-state index < -0.39 is 14.9 Å². The van der Waals surface area contributed by atoms with Gasteiger partial charge < -0.3 is 4.57 Å². The van der Waals surface area contributed by atoms with Gasteiger partial charge in [-0.1, -0.05) is 11.6 Å². The molecule has 0 aliphatic carbocycles. The number of non-ortho nitro benzene ring substituents is 1. The summed E-state index contributed by atoms with van der Waals surface area (Å²) in [6.07, 6.45) is 1.90. The maximum atomic E-state index is 12.9. The van der Waals surface area contributed by atoms with Crippen molar-refractivity contribution in [2.75, 3.05) is 6.54 Å². The van der Waals surface area contributed by atoms with Crippen LogP contribution >= 0.6 is 11.6 Å². The van der Waals surface area contributed by atoms with Crippen LogP contribution in [-0.4, -0.2) is 28.8 Å². The largest absolute Gasteiger partial charge is 0.349 e. The van der Waals surface area contributed by atoms with Crippen molar-refractivity contribution in [3.63, 3.8) is 0 Å². The van der Waals surface area contributed by atoms with Gasteiger partial charge in [0.25, 0.3) is 5.69 Å². The van der Waals surface area contributed by atoms with Crippen molar-refractivity contribution >= 4 is 27.3 Å². The van der Waals surface area contributed by atoms with Gasteiger partial charge in [-0.05, 0) is 25.1 Å². The minimum Gasteiger partial charge on any atom is -0.349 e. The highest BCUT2D eigenvalue weighted by molar-refractivity contribution is 7.89. The first-order valence-electron chi connectivity index (χ1n) is 6.93. The first-order chi connectivity index (χ1) is 10.8. The third-order valence-corrected chi connectivity index (χ3v) is 6.45. The first-order valence-corrected chi connectivity index (χ1v) is 8.75. The van der Waals surface area contributed by atoms with Crippen molar-refractivity contribution in [2.24, 2.45) is 0 Å². The summed E-state index contributed by atoms with van der Waals surface area (Å²) in [4.78, 5) is 10.0. The number of fused-ring (bicyclic) bond motifs is 1. The average Bonchev–Trinajstić information content (AvgIpc) is 2.96. The predicted octanol–water partition coefficient (Wildman–Crippen LogP) is 2.82. The SMILES string of the molecule is C[C@H]1c2cccn2CCN1S(=O)(=O)c1cc([N+](=O)[O-])ccc1Cl. The Morgan fingerprint density at radius 1 is 1.30 bits per heavy atom. The van der Waals surface area contributed by atoms with Gasteiger partial charge in [-0.2, -0.15) is 4.31 Å². The molecular formula is C14H14ClN3O4S. The molecule has 1 aliphatic rings. The summed E-state index contributed by atoms with van der Waals surface area (Å²) in [5.41, 5.74) is 0.572. The lowest BCUT2D eigenvalue weighted by Crippen LogP contribution is -2.40. The summed E-state index contributed by atoms with van der Waals surface area (Å²) in [6.45, 7) is 2.59. The van der Waals surface area contributed by atoms with Crippen LogP contribution in [0.4, 0.5) is 5.69 Å². The smallest absolute Gasteiger partial charge is 0.270 e. The van der Waals surface area contributed by atoms with Crippen molar-refractivity contribution in [1.29, 1.82) is 0 Å². The Hall–Kier alpha value is -1.90. The Labute approximate surface area is 138 Å². The number of hydrogen-bond donors (Lipinski definition) is 0. The number of halogens is 1. The molecular weight excluding hydrogens is 342 g/mol. The molecule has 2 aromatic rings. The van der Waals surface area contributed by atoms with Gasteiger partial charge in [0.05, 0.1) is 16.0 Å². The Bertz CT molecular complexity index is 878. The average molecular weight is 356 g/mol. The number of hydrogen-bond acceptors (Lipinski definition) is 4. The van der Waals surface area contributed by atoms with Gasteiger partial charge in [-0.25, -0.2) is 8.42 Å². The van der Waals surface area contributed by atoms with Crippen LogP contribution in [-0.2, 0) is 16.6 Å². The van der Waals surface area contributed by atoms with Crippen LogP contribution in [0.15, 0.2) is 41.4 Å². The second-order valence-corrected chi connectivity index (χ2v) is 7.56. The summed E-state index contributed by atoms with van der Waals surface area (Å²) in [5.74, 6) is 0. The number of nitro benzene ring substituents is 1. The molecule has 2 heterocycles. The Morgan fingerprint density at radius 2 is 2.04 bits per heavy atom. The molecule has 1 aromatic heterocycles. The summed E-state index contributed by atoms with van der Waals surface area (Å²) in [5, 5.41) is 10.9. The first kappa shape index (κ1) is 16.0. The summed E-state index contributed by atoms with van der Waals surface area (Å²) < 4.78 is 29.2. The second-order valence-electron chi connectivity index (χ2n) is 5.29. The van der Waals surface area contributed by atoms with Gasteiger partial charge in [0.1, 0.15) is 4.90 Å². The fourth-order valence-corrected chi connectivity index (χ4v) is 4.91. The van der Waals surface area contributed by atoms with Crippen molar-refractivity contribution in [3.8, 4) is 0 Å². The molecule has 1 aliphatic heterocycles. The van der Waals surface area contributed by atoms with Gasteiger partial charge in [-0.3, -0.25) is 10.1 Å². The molecule has 7 nitrogen and oxygen atoms in total. The van der Waals surface area contributed by atoms with Crippen LogP contribution in [0.1, 0.15) is 18.7 Å². The minimum atomic E-state index is -3.93. The maximum Gasteiger partial charge on any atom is 0.270 e. The van der Waals surface area contributed by atoms with E-state index >= 15 is 0 Å². The highest BCUT2D eigenvalue weighted by Crippen LogP contribution is 2.34. The van der Waals surface area contributed by atoms with Gasteiger partial charge in [0.2, 0.25) is 10.0 Å². The van der Waals surface area contributed by atoms with E-state index in [2.05, 4.69) is 0 Å². The highest BCUT2D eigenvalue weighted by atomic mass is 35.5. The number of benzene rings is 1. The molecule has 0 spiro atoms. The van der Waals surface area contributed by atoms with Crippen molar-refractivity contribution in [3.05, 3.63) is 57.4 Å². The van der Waals surface area contributed by atoms with Gasteiger partial charge in [-0.15, -0.1) is 0 Å². The Balaban J connectivity index is 2.06. The van der Waals surface area contributed by atoms with Crippen molar-refractivity contribution < 1.29 is 13.3 Å². The quantitative estimate of drug-likeness (QED) is 0.625. The number of sulfonamides is 1. The normalized spacial score (nSPS) is 18.6. The molecule has 0 amide bonds. The van der Waals surface area contributed by atoms with E-state index in [-0.39, 0.29) is 28.2 Å². The number of aromatic nitrogens is 1. The van der Waals surface area contributed by atoms with Crippen LogP contribution in [0, 0.1) is 10.1 Å². The molecule has 0 saturated carbocycles. The van der Waals surface area contributed by atoms with E-state index in [0.29, 0.717) is 6.54 Å². The van der Waals surface area contributed by atoms with E-state index in [4.69, 9.17) is 11.6 Å². The molecule has 9 heteroatoms. The van der Waals surface area contributed by atoms with Gasteiger partial charge in [0.15, 0.2) is 0 Å². The van der Waals surface area contributed by atoms with E-state index in [1.807, 2.05) is 22.9 Å². The number of nitro groups is 1. The van der Waals surface area contributed by atoms with E-state index in [1.54, 1.807) is 6.92 Å². The molecule has 1 atom stereocenters. The predicted molar refractivity (Wildman–Crippen MR) is 84.8 cm³/mol. The minimum absolute atomic E-state index is 0.0243. The zero-order valence-electron chi connectivity index (χ0n) is 12.2. The molecule has 0 saturated heterocycles. The standard InChI is InChI=1S/C14H14ClN3O4S/c1-10-13-3-2-6-16(13)7-8-17(10)23(21,22)14-9-11(18(19)20)4-5-12(14)15/h2-6,9-10H,7-8H2,1H3/t10-/m0/s1. The van der Waals surface area contributed by atoms with Crippen LogP contribution < -0.4 is 0 Å². The highest BCUT2D eigenvalue weighted by Gasteiger charge is 2.35. The molecule has 23 heavy (non-hydrogen) atoms. The fraction of sp³-hybridized carbons (Fsp3) is 0.286. The zero-order chi connectivity index (χ0) is 16.8. The summed E-state index contributed by atoms with van der Waals surface area (Å²) >= 11 is 6.00. The third kappa shape index (κ3) is 2.62. The zero-order valence-corrected chi connectivity index (χ0v) is 13.8. The summed E-state index contributed by atoms with van der Waals surface area (Å²) in [7, 11) is -3.93. The van der Waals surface area contributed by atoms with E-state index in [1.165, 1.54) is 16.4 Å². The van der Waals surface area contributed by atoms with Crippen LogP contribution in [0.5, 0.6) is 0 Å². The lowest BCUT2D eigenvalue weighted by atomic mass is 10.2. The van der Waals surface area contributed by atoms with Gasteiger partial charge in [0, 0.05) is 37.1 Å². The lowest BCUT2D eigenvalue weighted by Gasteiger charge is -2.34. The van der Waals surface area contributed by atoms with E-state index in [9.17, 15) is 18.5 Å². The molecule has 0 N–H and O–H groups in total. The molecule has 0 fully saturated rings.